The maximum atomic E-state index is 11.3. The molecule has 0 unspecified atom stereocenters. The summed E-state index contributed by atoms with van der Waals surface area (Å²) >= 11 is 0. The summed E-state index contributed by atoms with van der Waals surface area (Å²) in [4.78, 5) is 0. The van der Waals surface area contributed by atoms with E-state index in [1.54, 1.807) is 0 Å². The van der Waals surface area contributed by atoms with Crippen LogP contribution in [0, 0.1) is 34.0 Å². The van der Waals surface area contributed by atoms with E-state index in [0.29, 0.717) is 19.1 Å². The fourth-order valence-electron chi connectivity index (χ4n) is 8.48. The van der Waals surface area contributed by atoms with Crippen molar-refractivity contribution in [3.05, 3.63) is 12.2 Å². The Morgan fingerprint density at radius 1 is 1.04 bits per heavy atom. The standard InChI is InChI=1S/C22H34O4/c1-13-9-21-10-14(13)22(25-7-8-26-22)12-16(21)20(4)17(24)5-6-19(2,3)18(20)15(23)11-21/h14-18,23-24H,1,5-12H2,2-4H3/t14-,15+,16+,17+,18-,20-,21-/m1/s1. The third kappa shape index (κ3) is 1.95. The molecule has 146 valence electrons. The predicted molar refractivity (Wildman–Crippen MR) is 98.3 cm³/mol. The van der Waals surface area contributed by atoms with Gasteiger partial charge in [-0.2, -0.15) is 0 Å². The largest absolute Gasteiger partial charge is 0.393 e. The second-order valence-electron chi connectivity index (χ2n) is 10.9. The van der Waals surface area contributed by atoms with E-state index in [1.165, 1.54) is 5.57 Å². The molecular formula is C22H34O4. The lowest BCUT2D eigenvalue weighted by atomic mass is 9.39. The molecule has 0 aromatic rings. The molecule has 4 aliphatic carbocycles. The molecule has 0 radical (unpaired) electrons. The normalized spacial score (nSPS) is 54.2. The van der Waals surface area contributed by atoms with Crippen molar-refractivity contribution in [2.45, 2.75) is 77.3 Å². The zero-order valence-electron chi connectivity index (χ0n) is 16.5. The van der Waals surface area contributed by atoms with E-state index < -0.39 is 5.79 Å². The molecule has 7 atom stereocenters. The minimum absolute atomic E-state index is 0.0338. The van der Waals surface area contributed by atoms with Crippen LogP contribution in [0.4, 0.5) is 0 Å². The molecule has 4 saturated carbocycles. The van der Waals surface area contributed by atoms with Crippen molar-refractivity contribution in [2.24, 2.45) is 34.0 Å². The molecule has 5 aliphatic rings. The molecule has 1 aliphatic heterocycles. The smallest absolute Gasteiger partial charge is 0.175 e. The minimum atomic E-state index is -0.543. The van der Waals surface area contributed by atoms with Crippen LogP contribution >= 0.6 is 0 Å². The van der Waals surface area contributed by atoms with Crippen LogP contribution in [0.5, 0.6) is 0 Å². The van der Waals surface area contributed by atoms with Gasteiger partial charge in [0.1, 0.15) is 0 Å². The first kappa shape index (κ1) is 17.7. The van der Waals surface area contributed by atoms with Gasteiger partial charge in [0, 0.05) is 17.8 Å². The summed E-state index contributed by atoms with van der Waals surface area (Å²) in [6.45, 7) is 12.5. The van der Waals surface area contributed by atoms with E-state index in [0.717, 1.165) is 38.5 Å². The highest BCUT2D eigenvalue weighted by Gasteiger charge is 2.72. The minimum Gasteiger partial charge on any atom is -0.393 e. The molecule has 1 heterocycles. The second kappa shape index (κ2) is 5.14. The van der Waals surface area contributed by atoms with Gasteiger partial charge in [-0.25, -0.2) is 0 Å². The van der Waals surface area contributed by atoms with Crippen LogP contribution in [0.2, 0.25) is 0 Å². The highest BCUT2D eigenvalue weighted by molar-refractivity contribution is 5.28. The van der Waals surface area contributed by atoms with Gasteiger partial charge in [-0.05, 0) is 54.8 Å². The number of aliphatic hydroxyl groups is 2. The van der Waals surface area contributed by atoms with E-state index in [-0.39, 0.29) is 40.3 Å². The van der Waals surface area contributed by atoms with Crippen molar-refractivity contribution in [2.75, 3.05) is 13.2 Å². The highest BCUT2D eigenvalue weighted by atomic mass is 16.7. The number of rotatable bonds is 0. The Hall–Kier alpha value is -0.420. The van der Waals surface area contributed by atoms with Gasteiger partial charge in [0.25, 0.3) is 0 Å². The molecule has 4 nitrogen and oxygen atoms in total. The summed E-state index contributed by atoms with van der Waals surface area (Å²) in [7, 11) is 0. The molecule has 1 saturated heterocycles. The molecule has 0 aromatic carbocycles. The van der Waals surface area contributed by atoms with Crippen LogP contribution in [-0.4, -0.2) is 41.4 Å². The van der Waals surface area contributed by atoms with Crippen LogP contribution < -0.4 is 0 Å². The molecule has 0 amide bonds. The third-order valence-corrected chi connectivity index (χ3v) is 9.26. The van der Waals surface area contributed by atoms with Crippen LogP contribution in [0.25, 0.3) is 0 Å². The quantitative estimate of drug-likeness (QED) is 0.650. The monoisotopic (exact) mass is 362 g/mol. The van der Waals surface area contributed by atoms with Crippen LogP contribution in [0.1, 0.15) is 59.3 Å². The van der Waals surface area contributed by atoms with Gasteiger partial charge in [0.15, 0.2) is 5.79 Å². The molecule has 0 aromatic heterocycles. The molecule has 5 fully saturated rings. The molecular weight excluding hydrogens is 328 g/mol. The predicted octanol–water partition coefficient (Wildman–Crippen LogP) is 3.27. The highest BCUT2D eigenvalue weighted by Crippen LogP contribution is 2.74. The first-order chi connectivity index (χ1) is 12.1. The van der Waals surface area contributed by atoms with Gasteiger partial charge in [-0.3, -0.25) is 0 Å². The second-order valence-corrected chi connectivity index (χ2v) is 10.9. The Morgan fingerprint density at radius 3 is 2.42 bits per heavy atom. The van der Waals surface area contributed by atoms with Crippen molar-refractivity contribution >= 4 is 0 Å². The fourth-order valence-corrected chi connectivity index (χ4v) is 8.48. The van der Waals surface area contributed by atoms with E-state index >= 15 is 0 Å². The summed E-state index contributed by atoms with van der Waals surface area (Å²) in [6, 6.07) is 0. The van der Waals surface area contributed by atoms with Crippen molar-refractivity contribution < 1.29 is 19.7 Å². The van der Waals surface area contributed by atoms with Gasteiger partial charge in [-0.1, -0.05) is 32.9 Å². The number of aliphatic hydroxyl groups excluding tert-OH is 2. The number of fused-ring (bicyclic) bond motifs is 4. The van der Waals surface area contributed by atoms with Gasteiger partial charge in [0.2, 0.25) is 0 Å². The summed E-state index contributed by atoms with van der Waals surface area (Å²) < 4.78 is 12.5. The summed E-state index contributed by atoms with van der Waals surface area (Å²) in [6.07, 6.45) is 4.67. The molecule has 5 rings (SSSR count). The SMILES string of the molecule is C=C1C[C@]23C[C@H]1C1(C[C@H]2[C@@]2(C)[C@H]([C@@H](O)C3)C(C)(C)CC[C@@H]2O)OCCO1. The average Bonchev–Trinajstić information content (AvgIpc) is 3.11. The first-order valence-electron chi connectivity index (χ1n) is 10.5. The fraction of sp³-hybridized carbons (Fsp3) is 0.909. The van der Waals surface area contributed by atoms with E-state index in [1.807, 2.05) is 0 Å². The number of ether oxygens (including phenoxy) is 2. The molecule has 2 N–H and O–H groups in total. The Kier molecular flexibility index (Phi) is 3.49. The lowest BCUT2D eigenvalue weighted by Gasteiger charge is -2.67. The van der Waals surface area contributed by atoms with Gasteiger partial charge >= 0.3 is 0 Å². The van der Waals surface area contributed by atoms with Crippen molar-refractivity contribution in [1.29, 1.82) is 0 Å². The maximum Gasteiger partial charge on any atom is 0.175 e. The average molecular weight is 363 g/mol. The molecule has 2 spiro atoms. The lowest BCUT2D eigenvalue weighted by molar-refractivity contribution is -0.287. The Balaban J connectivity index is 1.65. The van der Waals surface area contributed by atoms with Crippen molar-refractivity contribution in [3.8, 4) is 0 Å². The van der Waals surface area contributed by atoms with E-state index in [2.05, 4.69) is 27.4 Å². The molecule has 26 heavy (non-hydrogen) atoms. The lowest BCUT2D eigenvalue weighted by Crippen LogP contribution is -2.67. The molecule has 2 bridgehead atoms. The third-order valence-electron chi connectivity index (χ3n) is 9.26. The summed E-state index contributed by atoms with van der Waals surface area (Å²) in [5.74, 6) is 0.103. The number of hydrogen-bond acceptors (Lipinski definition) is 4. The van der Waals surface area contributed by atoms with Gasteiger partial charge in [-0.15, -0.1) is 0 Å². The van der Waals surface area contributed by atoms with E-state index in [4.69, 9.17) is 9.47 Å². The summed E-state index contributed by atoms with van der Waals surface area (Å²) in [5, 5.41) is 22.6. The van der Waals surface area contributed by atoms with Gasteiger partial charge in [0.05, 0.1) is 25.4 Å². The Bertz CT molecular complexity index is 636. The van der Waals surface area contributed by atoms with Crippen LogP contribution in [0.3, 0.4) is 0 Å². The Morgan fingerprint density at radius 2 is 1.73 bits per heavy atom. The zero-order valence-corrected chi connectivity index (χ0v) is 16.5. The summed E-state index contributed by atoms with van der Waals surface area (Å²) in [5.41, 5.74) is 0.998. The van der Waals surface area contributed by atoms with Gasteiger partial charge < -0.3 is 19.7 Å². The first-order valence-corrected chi connectivity index (χ1v) is 10.5. The topological polar surface area (TPSA) is 58.9 Å². The van der Waals surface area contributed by atoms with Crippen LogP contribution in [0.15, 0.2) is 12.2 Å². The zero-order chi connectivity index (χ0) is 18.5. The van der Waals surface area contributed by atoms with Crippen LogP contribution in [-0.2, 0) is 9.47 Å². The molecule has 4 heteroatoms. The van der Waals surface area contributed by atoms with E-state index in [9.17, 15) is 10.2 Å². The van der Waals surface area contributed by atoms with Crippen molar-refractivity contribution in [3.63, 3.8) is 0 Å². The van der Waals surface area contributed by atoms with Crippen molar-refractivity contribution in [1.82, 2.24) is 0 Å². The Labute approximate surface area is 156 Å². The number of hydrogen-bond donors (Lipinski definition) is 2. The maximum absolute atomic E-state index is 11.3.